The summed E-state index contributed by atoms with van der Waals surface area (Å²) in [5.41, 5.74) is 2.05. The molecule has 1 atom stereocenters. The van der Waals surface area contributed by atoms with Crippen molar-refractivity contribution in [1.29, 1.82) is 0 Å². The van der Waals surface area contributed by atoms with E-state index in [1.54, 1.807) is 4.68 Å². The molecule has 0 saturated heterocycles. The van der Waals surface area contributed by atoms with Crippen LogP contribution in [0.5, 0.6) is 0 Å². The van der Waals surface area contributed by atoms with Gasteiger partial charge in [-0.05, 0) is 39.2 Å². The molecule has 0 spiro atoms. The quantitative estimate of drug-likeness (QED) is 0.829. The summed E-state index contributed by atoms with van der Waals surface area (Å²) in [6.07, 6.45) is 4.57. The molecule has 1 aromatic heterocycles. The molecule has 0 bridgehead atoms. The van der Waals surface area contributed by atoms with Crippen molar-refractivity contribution in [2.45, 2.75) is 32.7 Å². The zero-order valence-electron chi connectivity index (χ0n) is 11.8. The summed E-state index contributed by atoms with van der Waals surface area (Å²) in [5.74, 6) is 0.849. The second-order valence-electron chi connectivity index (χ2n) is 5.21. The topological polar surface area (TPSA) is 59.0 Å². The first kappa shape index (κ1) is 16.0. The Kier molecular flexibility index (Phi) is 5.82. The van der Waals surface area contributed by atoms with Crippen molar-refractivity contribution in [3.63, 3.8) is 0 Å². The van der Waals surface area contributed by atoms with Crippen molar-refractivity contribution in [3.05, 3.63) is 17.5 Å². The van der Waals surface area contributed by atoms with Crippen molar-refractivity contribution in [1.82, 2.24) is 20.4 Å². The molecule has 0 aromatic carbocycles. The van der Waals surface area contributed by atoms with Crippen LogP contribution in [-0.2, 0) is 11.8 Å². The molecule has 1 amide bonds. The molecule has 1 fully saturated rings. The lowest BCUT2D eigenvalue weighted by Gasteiger charge is -2.13. The monoisotopic (exact) mass is 286 g/mol. The van der Waals surface area contributed by atoms with Gasteiger partial charge in [-0.1, -0.05) is 0 Å². The third kappa shape index (κ3) is 4.84. The fourth-order valence-electron chi connectivity index (χ4n) is 2.13. The third-order valence-corrected chi connectivity index (χ3v) is 3.31. The number of hydrogen-bond donors (Lipinski definition) is 2. The van der Waals surface area contributed by atoms with Crippen LogP contribution in [0.1, 0.15) is 37.1 Å². The van der Waals surface area contributed by atoms with Crippen LogP contribution >= 0.6 is 12.4 Å². The van der Waals surface area contributed by atoms with Crippen LogP contribution in [0.15, 0.2) is 6.20 Å². The van der Waals surface area contributed by atoms with Crippen LogP contribution in [-0.4, -0.2) is 28.8 Å². The first-order valence-corrected chi connectivity index (χ1v) is 6.56. The molecule has 1 unspecified atom stereocenters. The Morgan fingerprint density at radius 1 is 1.58 bits per heavy atom. The van der Waals surface area contributed by atoms with E-state index in [0.29, 0.717) is 6.54 Å². The fraction of sp³-hybridized carbons (Fsp3) is 0.692. The Bertz CT molecular complexity index is 428. The molecular weight excluding hydrogens is 264 g/mol. The van der Waals surface area contributed by atoms with Gasteiger partial charge in [-0.15, -0.1) is 12.4 Å². The normalized spacial score (nSPS) is 15.7. The Labute approximate surface area is 120 Å². The van der Waals surface area contributed by atoms with Gasteiger partial charge in [0.25, 0.3) is 0 Å². The first-order valence-electron chi connectivity index (χ1n) is 6.56. The number of carbonyl (C=O) groups excluding carboxylic acids is 1. The van der Waals surface area contributed by atoms with Gasteiger partial charge in [-0.3, -0.25) is 9.48 Å². The number of carbonyl (C=O) groups is 1. The van der Waals surface area contributed by atoms with Gasteiger partial charge in [0.2, 0.25) is 5.91 Å². The number of aryl methyl sites for hydroxylation is 2. The smallest absolute Gasteiger partial charge is 0.234 e. The van der Waals surface area contributed by atoms with E-state index in [1.165, 1.54) is 12.8 Å². The van der Waals surface area contributed by atoms with E-state index in [-0.39, 0.29) is 24.4 Å². The van der Waals surface area contributed by atoms with E-state index in [9.17, 15) is 4.79 Å². The lowest BCUT2D eigenvalue weighted by molar-refractivity contribution is -0.120. The highest BCUT2D eigenvalue weighted by molar-refractivity contribution is 5.85. The molecule has 19 heavy (non-hydrogen) atoms. The molecule has 2 N–H and O–H groups in total. The number of hydrogen-bond acceptors (Lipinski definition) is 3. The van der Waals surface area contributed by atoms with Gasteiger partial charge >= 0.3 is 0 Å². The van der Waals surface area contributed by atoms with Crippen molar-refractivity contribution < 1.29 is 4.79 Å². The van der Waals surface area contributed by atoms with Gasteiger partial charge in [0.1, 0.15) is 0 Å². The average Bonchev–Trinajstić information content (AvgIpc) is 3.03. The van der Waals surface area contributed by atoms with Crippen LogP contribution in [0.25, 0.3) is 0 Å². The second-order valence-corrected chi connectivity index (χ2v) is 5.21. The maximum absolute atomic E-state index is 11.7. The number of nitrogens with zero attached hydrogens (tertiary/aromatic N) is 2. The Morgan fingerprint density at radius 3 is 2.79 bits per heavy atom. The lowest BCUT2D eigenvalue weighted by atomic mass is 10.1. The summed E-state index contributed by atoms with van der Waals surface area (Å²) < 4.78 is 1.78. The summed E-state index contributed by atoms with van der Waals surface area (Å²) in [7, 11) is 1.89. The molecule has 1 saturated carbocycles. The van der Waals surface area contributed by atoms with Crippen LogP contribution < -0.4 is 10.6 Å². The standard InChI is InChI=1S/C13H22N4O.ClH/c1-9(12-8-17(3)16-10(12)2)15-13(18)7-14-6-11-4-5-11;/h8-9,11,14H,4-7H2,1-3H3,(H,15,18);1H. The number of rotatable bonds is 6. The SMILES string of the molecule is Cc1nn(C)cc1C(C)NC(=O)CNCC1CC1.Cl. The highest BCUT2D eigenvalue weighted by Gasteiger charge is 2.21. The van der Waals surface area contributed by atoms with E-state index in [4.69, 9.17) is 0 Å². The average molecular weight is 287 g/mol. The Morgan fingerprint density at radius 2 is 2.26 bits per heavy atom. The summed E-state index contributed by atoms with van der Waals surface area (Å²) in [6.45, 7) is 5.32. The van der Waals surface area contributed by atoms with Gasteiger partial charge in [0.15, 0.2) is 0 Å². The minimum atomic E-state index is 0. The number of halogens is 1. The minimum Gasteiger partial charge on any atom is -0.348 e. The fourth-order valence-corrected chi connectivity index (χ4v) is 2.13. The molecule has 1 aliphatic carbocycles. The van der Waals surface area contributed by atoms with Crippen molar-refractivity contribution in [3.8, 4) is 0 Å². The van der Waals surface area contributed by atoms with Gasteiger partial charge in [-0.25, -0.2) is 0 Å². The predicted octanol–water partition coefficient (Wildman–Crippen LogP) is 1.33. The molecule has 6 heteroatoms. The maximum Gasteiger partial charge on any atom is 0.234 e. The van der Waals surface area contributed by atoms with Crippen LogP contribution in [0, 0.1) is 12.8 Å². The first-order chi connectivity index (χ1) is 8.56. The highest BCUT2D eigenvalue weighted by atomic mass is 35.5. The summed E-state index contributed by atoms with van der Waals surface area (Å²) >= 11 is 0. The molecular formula is C13H23ClN4O. The molecule has 0 radical (unpaired) electrons. The largest absolute Gasteiger partial charge is 0.348 e. The van der Waals surface area contributed by atoms with Crippen LogP contribution in [0.4, 0.5) is 0 Å². The molecule has 0 aliphatic heterocycles. The summed E-state index contributed by atoms with van der Waals surface area (Å²) in [5, 5.41) is 10.5. The zero-order chi connectivity index (χ0) is 13.1. The molecule has 5 nitrogen and oxygen atoms in total. The van der Waals surface area contributed by atoms with E-state index < -0.39 is 0 Å². The van der Waals surface area contributed by atoms with Gasteiger partial charge in [0, 0.05) is 18.8 Å². The molecule has 1 aromatic rings. The van der Waals surface area contributed by atoms with Gasteiger partial charge in [0.05, 0.1) is 18.3 Å². The van der Waals surface area contributed by atoms with Crippen molar-refractivity contribution in [2.75, 3.05) is 13.1 Å². The summed E-state index contributed by atoms with van der Waals surface area (Å²) in [6, 6.07) is 0.00826. The second kappa shape index (κ2) is 6.91. The number of nitrogens with one attached hydrogen (secondary N) is 2. The molecule has 1 heterocycles. The van der Waals surface area contributed by atoms with Crippen LogP contribution in [0.2, 0.25) is 0 Å². The lowest BCUT2D eigenvalue weighted by Crippen LogP contribution is -2.36. The van der Waals surface area contributed by atoms with E-state index in [2.05, 4.69) is 15.7 Å². The van der Waals surface area contributed by atoms with Crippen LogP contribution in [0.3, 0.4) is 0 Å². The third-order valence-electron chi connectivity index (χ3n) is 3.31. The molecule has 1 aliphatic rings. The van der Waals surface area contributed by atoms with E-state index in [1.807, 2.05) is 27.1 Å². The Hall–Kier alpha value is -1.07. The Balaban J connectivity index is 0.00000180. The van der Waals surface area contributed by atoms with Crippen molar-refractivity contribution in [2.24, 2.45) is 13.0 Å². The molecule has 108 valence electrons. The highest BCUT2D eigenvalue weighted by Crippen LogP contribution is 2.27. The zero-order valence-corrected chi connectivity index (χ0v) is 12.6. The number of amides is 1. The van der Waals surface area contributed by atoms with Gasteiger partial charge in [-0.2, -0.15) is 5.10 Å². The molecule has 2 rings (SSSR count). The van der Waals surface area contributed by atoms with Gasteiger partial charge < -0.3 is 10.6 Å². The maximum atomic E-state index is 11.7. The summed E-state index contributed by atoms with van der Waals surface area (Å²) in [4.78, 5) is 11.7. The van der Waals surface area contributed by atoms with E-state index >= 15 is 0 Å². The number of aromatic nitrogens is 2. The van der Waals surface area contributed by atoms with Crippen molar-refractivity contribution >= 4 is 18.3 Å². The predicted molar refractivity (Wildman–Crippen MR) is 77.3 cm³/mol. The minimum absolute atomic E-state index is 0. The van der Waals surface area contributed by atoms with E-state index in [0.717, 1.165) is 23.7 Å².